The number of hydrogen-bond donors (Lipinski definition) is 1. The van der Waals surface area contributed by atoms with Crippen molar-refractivity contribution in [2.75, 3.05) is 18.4 Å². The molecule has 0 aliphatic carbocycles. The summed E-state index contributed by atoms with van der Waals surface area (Å²) in [5.41, 5.74) is 3.76. The average Bonchev–Trinajstić information content (AvgIpc) is 3.59. The number of pyridine rings is 1. The first kappa shape index (κ1) is 27.9. The molecule has 4 aromatic rings. The number of halogens is 1. The van der Waals surface area contributed by atoms with Crippen LogP contribution < -0.4 is 5.32 Å². The average molecular weight is 578 g/mol. The number of aromatic nitrogens is 3. The van der Waals surface area contributed by atoms with Crippen molar-refractivity contribution in [3.63, 3.8) is 0 Å². The Balaban J connectivity index is 1.26. The van der Waals surface area contributed by atoms with Crippen LogP contribution in [0.15, 0.2) is 60.2 Å². The Morgan fingerprint density at radius 3 is 2.38 bits per heavy atom. The molecule has 0 unspecified atom stereocenters. The number of anilines is 1. The topological polar surface area (TPSA) is 89.4 Å². The second kappa shape index (κ2) is 11.4. The van der Waals surface area contributed by atoms with Gasteiger partial charge in [-0.15, -0.1) is 11.3 Å². The lowest BCUT2D eigenvalue weighted by molar-refractivity contribution is 0.0183. The molecular weight excluding hydrogens is 546 g/mol. The molecule has 1 fully saturated rings. The molecule has 1 aliphatic rings. The van der Waals surface area contributed by atoms with Gasteiger partial charge in [0.1, 0.15) is 17.1 Å². The Morgan fingerprint density at radius 1 is 1.05 bits per heavy atom. The Bertz CT molecular complexity index is 1500. The van der Waals surface area contributed by atoms with Crippen LogP contribution in [0, 0.1) is 6.92 Å². The maximum atomic E-state index is 13.4. The van der Waals surface area contributed by atoms with E-state index in [0.29, 0.717) is 31.7 Å². The van der Waals surface area contributed by atoms with Gasteiger partial charge in [-0.25, -0.2) is 9.78 Å². The highest BCUT2D eigenvalue weighted by atomic mass is 35.5. The molecule has 0 saturated carbocycles. The molecule has 0 bridgehead atoms. The number of hydrogen-bond acceptors (Lipinski definition) is 6. The summed E-state index contributed by atoms with van der Waals surface area (Å²) in [7, 11) is 0. The highest BCUT2D eigenvalue weighted by Gasteiger charge is 2.30. The first-order chi connectivity index (χ1) is 19.1. The van der Waals surface area contributed by atoms with Gasteiger partial charge in [-0.05, 0) is 74.7 Å². The number of benzene rings is 1. The van der Waals surface area contributed by atoms with Gasteiger partial charge in [-0.2, -0.15) is 5.10 Å². The molecule has 40 heavy (non-hydrogen) atoms. The largest absolute Gasteiger partial charge is 0.444 e. The monoisotopic (exact) mass is 577 g/mol. The lowest BCUT2D eigenvalue weighted by Gasteiger charge is -2.33. The summed E-state index contributed by atoms with van der Waals surface area (Å²) in [6.45, 7) is 8.48. The van der Waals surface area contributed by atoms with Gasteiger partial charge in [0, 0.05) is 29.7 Å². The number of aryl methyl sites for hydroxylation is 1. The Hall–Kier alpha value is -3.69. The van der Waals surface area contributed by atoms with Gasteiger partial charge in [0.05, 0.1) is 17.3 Å². The Kier molecular flexibility index (Phi) is 7.96. The summed E-state index contributed by atoms with van der Waals surface area (Å²) < 4.78 is 7.16. The predicted molar refractivity (Wildman–Crippen MR) is 159 cm³/mol. The first-order valence-electron chi connectivity index (χ1n) is 13.2. The molecule has 0 spiro atoms. The lowest BCUT2D eigenvalue weighted by atomic mass is 10.0. The minimum Gasteiger partial charge on any atom is -0.444 e. The molecule has 208 valence electrons. The number of carbonyl (C=O) groups excluding carboxylic acids is 2. The Labute approximate surface area is 242 Å². The fraction of sp³-hybridized carbons (Fsp3) is 0.333. The molecule has 1 saturated heterocycles. The maximum absolute atomic E-state index is 13.4. The minimum atomic E-state index is -0.548. The quantitative estimate of drug-likeness (QED) is 0.266. The molecule has 0 atom stereocenters. The van der Waals surface area contributed by atoms with E-state index in [0.717, 1.165) is 16.7 Å². The number of carbonyl (C=O) groups is 2. The van der Waals surface area contributed by atoms with Crippen molar-refractivity contribution < 1.29 is 14.3 Å². The van der Waals surface area contributed by atoms with Crippen molar-refractivity contribution in [1.29, 1.82) is 0 Å². The van der Waals surface area contributed by atoms with E-state index in [-0.39, 0.29) is 28.8 Å². The fourth-order valence-electron chi connectivity index (χ4n) is 4.75. The zero-order chi connectivity index (χ0) is 28.4. The van der Waals surface area contributed by atoms with E-state index < -0.39 is 5.60 Å². The van der Waals surface area contributed by atoms with Crippen LogP contribution >= 0.6 is 22.9 Å². The van der Waals surface area contributed by atoms with Crippen molar-refractivity contribution >= 4 is 40.8 Å². The highest BCUT2D eigenvalue weighted by molar-refractivity contribution is 7.13. The summed E-state index contributed by atoms with van der Waals surface area (Å²) in [5, 5.41) is 9.66. The van der Waals surface area contributed by atoms with Crippen LogP contribution in [0.25, 0.3) is 21.6 Å². The SMILES string of the molecule is Cc1cc(-c2ccc(-c3cccs3)cc2)cnc1NC(=O)c1c(Cl)cnn1C1CCN(C(=O)OC(C)(C)C)CC1. The van der Waals surface area contributed by atoms with Crippen molar-refractivity contribution in [2.45, 2.75) is 52.2 Å². The van der Waals surface area contributed by atoms with Crippen molar-refractivity contribution in [2.24, 2.45) is 0 Å². The fourth-order valence-corrected chi connectivity index (χ4v) is 5.70. The molecular formula is C30H32ClN5O3S. The number of piperidine rings is 1. The summed E-state index contributed by atoms with van der Waals surface area (Å²) >= 11 is 8.13. The van der Waals surface area contributed by atoms with Crippen LogP contribution in [0.5, 0.6) is 0 Å². The summed E-state index contributed by atoms with van der Waals surface area (Å²) in [5.74, 6) is 0.0910. The van der Waals surface area contributed by atoms with E-state index in [1.807, 2.05) is 39.8 Å². The number of rotatable bonds is 5. The Morgan fingerprint density at radius 2 is 1.75 bits per heavy atom. The van der Waals surface area contributed by atoms with Crippen molar-refractivity contribution in [1.82, 2.24) is 19.7 Å². The van der Waals surface area contributed by atoms with Crippen LogP contribution in [0.1, 0.15) is 55.7 Å². The lowest BCUT2D eigenvalue weighted by Crippen LogP contribution is -2.42. The highest BCUT2D eigenvalue weighted by Crippen LogP contribution is 2.30. The van der Waals surface area contributed by atoms with E-state index in [2.05, 4.69) is 51.1 Å². The molecule has 4 heterocycles. The summed E-state index contributed by atoms with van der Waals surface area (Å²) in [6.07, 6.45) is 4.18. The zero-order valence-electron chi connectivity index (χ0n) is 23.0. The van der Waals surface area contributed by atoms with Gasteiger partial charge >= 0.3 is 6.09 Å². The number of nitrogens with zero attached hydrogens (tertiary/aromatic N) is 4. The van der Waals surface area contributed by atoms with Crippen molar-refractivity contribution in [3.05, 3.63) is 76.5 Å². The molecule has 1 aliphatic heterocycles. The number of ether oxygens (including phenoxy) is 1. The minimum absolute atomic E-state index is 0.0690. The number of amides is 2. The molecule has 8 nitrogen and oxygen atoms in total. The van der Waals surface area contributed by atoms with Gasteiger partial charge in [0.15, 0.2) is 0 Å². The van der Waals surface area contributed by atoms with E-state index in [4.69, 9.17) is 16.3 Å². The van der Waals surface area contributed by atoms with E-state index in [1.165, 1.54) is 16.6 Å². The van der Waals surface area contributed by atoms with Crippen molar-refractivity contribution in [3.8, 4) is 21.6 Å². The smallest absolute Gasteiger partial charge is 0.410 e. The van der Waals surface area contributed by atoms with Crippen LogP contribution in [-0.4, -0.2) is 50.4 Å². The van der Waals surface area contributed by atoms with Crippen LogP contribution in [0.4, 0.5) is 10.6 Å². The van der Waals surface area contributed by atoms with Crippen LogP contribution in [0.2, 0.25) is 5.02 Å². The van der Waals surface area contributed by atoms with Gasteiger partial charge in [-0.1, -0.05) is 41.9 Å². The second-order valence-electron chi connectivity index (χ2n) is 10.9. The number of nitrogens with one attached hydrogen (secondary N) is 1. The standard InChI is InChI=1S/C30H32ClN5O3S/c1-19-16-22(20-7-9-21(10-8-20)25-6-5-15-40-25)17-32-27(19)34-28(37)26-24(31)18-33-36(26)23-11-13-35(14-12-23)29(38)39-30(2,3)4/h5-10,15-18,23H,11-14H2,1-4H3,(H,32,34,37). The molecule has 5 rings (SSSR count). The molecule has 2 amide bonds. The third kappa shape index (κ3) is 6.21. The van der Waals surface area contributed by atoms with Gasteiger partial charge in [-0.3, -0.25) is 9.48 Å². The first-order valence-corrected chi connectivity index (χ1v) is 14.5. The van der Waals surface area contributed by atoms with E-state index >= 15 is 0 Å². The van der Waals surface area contributed by atoms with Gasteiger partial charge < -0.3 is 15.0 Å². The second-order valence-corrected chi connectivity index (χ2v) is 12.2. The summed E-state index contributed by atoms with van der Waals surface area (Å²) in [6, 6.07) is 14.5. The van der Waals surface area contributed by atoms with Crippen LogP contribution in [0.3, 0.4) is 0 Å². The molecule has 1 N–H and O–H groups in total. The number of likely N-dealkylation sites (tertiary alicyclic amines) is 1. The third-order valence-electron chi connectivity index (χ3n) is 6.76. The third-order valence-corrected chi connectivity index (χ3v) is 7.96. The maximum Gasteiger partial charge on any atom is 0.410 e. The molecule has 1 aromatic carbocycles. The van der Waals surface area contributed by atoms with E-state index in [9.17, 15) is 9.59 Å². The normalized spacial score (nSPS) is 14.3. The van der Waals surface area contributed by atoms with E-state index in [1.54, 1.807) is 27.1 Å². The van der Waals surface area contributed by atoms with Crippen LogP contribution in [-0.2, 0) is 4.74 Å². The van der Waals surface area contributed by atoms with Gasteiger partial charge in [0.25, 0.3) is 5.91 Å². The molecule has 0 radical (unpaired) electrons. The predicted octanol–water partition coefficient (Wildman–Crippen LogP) is 7.46. The van der Waals surface area contributed by atoms with Gasteiger partial charge in [0.2, 0.25) is 0 Å². The molecule has 3 aromatic heterocycles. The summed E-state index contributed by atoms with van der Waals surface area (Å²) in [4.78, 5) is 33.3. The zero-order valence-corrected chi connectivity index (χ0v) is 24.6. The molecule has 10 heteroatoms. The number of thiophene rings is 1.